The van der Waals surface area contributed by atoms with Crippen molar-refractivity contribution in [3.8, 4) is 0 Å². The molecule has 2 amide bonds. The van der Waals surface area contributed by atoms with Crippen molar-refractivity contribution in [3.63, 3.8) is 0 Å². The molecular formula is C21H42N2O3. The molecule has 26 heavy (non-hydrogen) atoms. The second kappa shape index (κ2) is 14.9. The van der Waals surface area contributed by atoms with Crippen molar-refractivity contribution in [1.82, 2.24) is 10.2 Å². The first-order valence-electron chi connectivity index (χ1n) is 10.5. The highest BCUT2D eigenvalue weighted by Crippen LogP contribution is 2.14. The molecule has 0 atom stereocenters. The van der Waals surface area contributed by atoms with E-state index >= 15 is 0 Å². The molecule has 0 aromatic rings. The van der Waals surface area contributed by atoms with E-state index in [1.54, 1.807) is 11.8 Å². The highest BCUT2D eigenvalue weighted by atomic mass is 16.6. The van der Waals surface area contributed by atoms with Crippen LogP contribution in [0.3, 0.4) is 0 Å². The first-order valence-corrected chi connectivity index (χ1v) is 10.5. The van der Waals surface area contributed by atoms with E-state index < -0.39 is 0 Å². The molecule has 0 radical (unpaired) electrons. The van der Waals surface area contributed by atoms with Crippen LogP contribution >= 0.6 is 0 Å². The van der Waals surface area contributed by atoms with Gasteiger partial charge in [0.2, 0.25) is 5.91 Å². The number of rotatable bonds is 9. The number of ether oxygens (including phenoxy) is 1. The van der Waals surface area contributed by atoms with E-state index in [0.29, 0.717) is 0 Å². The van der Waals surface area contributed by atoms with Crippen LogP contribution in [0.15, 0.2) is 0 Å². The second-order valence-electron chi connectivity index (χ2n) is 8.13. The van der Waals surface area contributed by atoms with E-state index in [1.165, 1.54) is 44.9 Å². The lowest BCUT2D eigenvalue weighted by atomic mass is 10.1. The third kappa shape index (κ3) is 16.2. The van der Waals surface area contributed by atoms with Gasteiger partial charge in [0.15, 0.2) is 0 Å². The van der Waals surface area contributed by atoms with Crippen molar-refractivity contribution < 1.29 is 14.3 Å². The van der Waals surface area contributed by atoms with E-state index in [2.05, 4.69) is 12.2 Å². The standard InChI is InChI=1S/C12H25NO.C9H17NO2/c1-3-4-5-6-7-8-9-10-11-13-12(2)14;1-9(2,3)12-8(11)10-6-4-5-7-10/h3-11H2,1-2H3,(H,13,14);4-7H2,1-3H3. The molecule has 0 aromatic heterocycles. The largest absolute Gasteiger partial charge is 0.444 e. The van der Waals surface area contributed by atoms with Gasteiger partial charge in [-0.25, -0.2) is 4.79 Å². The lowest BCUT2D eigenvalue weighted by Crippen LogP contribution is -2.34. The Morgan fingerprint density at radius 1 is 0.923 bits per heavy atom. The maximum absolute atomic E-state index is 11.4. The molecular weight excluding hydrogens is 328 g/mol. The number of carbonyl (C=O) groups excluding carboxylic acids is 2. The average molecular weight is 371 g/mol. The molecule has 1 N–H and O–H groups in total. The maximum Gasteiger partial charge on any atom is 0.410 e. The number of carbonyl (C=O) groups is 2. The van der Waals surface area contributed by atoms with Gasteiger partial charge >= 0.3 is 6.09 Å². The smallest absolute Gasteiger partial charge is 0.410 e. The summed E-state index contributed by atoms with van der Waals surface area (Å²) in [6.45, 7) is 12.1. The maximum atomic E-state index is 11.4. The Kier molecular flexibility index (Phi) is 14.1. The Labute approximate surface area is 161 Å². The summed E-state index contributed by atoms with van der Waals surface area (Å²) >= 11 is 0. The van der Waals surface area contributed by atoms with Crippen molar-refractivity contribution in [3.05, 3.63) is 0 Å². The van der Waals surface area contributed by atoms with Crippen molar-refractivity contribution >= 4 is 12.0 Å². The Hall–Kier alpha value is -1.26. The fourth-order valence-electron chi connectivity index (χ4n) is 2.75. The molecule has 0 unspecified atom stereocenters. The fourth-order valence-corrected chi connectivity index (χ4v) is 2.75. The van der Waals surface area contributed by atoms with Gasteiger partial charge in [0.1, 0.15) is 5.60 Å². The number of unbranched alkanes of at least 4 members (excludes halogenated alkanes) is 7. The number of hydrogen-bond acceptors (Lipinski definition) is 3. The number of nitrogens with zero attached hydrogens (tertiary/aromatic N) is 1. The van der Waals surface area contributed by atoms with Crippen molar-refractivity contribution in [2.75, 3.05) is 19.6 Å². The zero-order valence-electron chi connectivity index (χ0n) is 17.9. The Bertz CT molecular complexity index is 372. The SMILES string of the molecule is CC(C)(C)OC(=O)N1CCCC1.CCCCCCCCCCNC(C)=O. The normalized spacial score (nSPS) is 13.8. The van der Waals surface area contributed by atoms with Gasteiger partial charge in [0.05, 0.1) is 0 Å². The predicted octanol–water partition coefficient (Wildman–Crippen LogP) is 5.28. The van der Waals surface area contributed by atoms with Crippen LogP contribution in [-0.2, 0) is 9.53 Å². The van der Waals surface area contributed by atoms with Gasteiger partial charge in [-0.15, -0.1) is 0 Å². The topological polar surface area (TPSA) is 58.6 Å². The van der Waals surface area contributed by atoms with Gasteiger partial charge in [-0.3, -0.25) is 4.79 Å². The van der Waals surface area contributed by atoms with Crippen LogP contribution in [0.1, 0.15) is 98.8 Å². The van der Waals surface area contributed by atoms with Gasteiger partial charge in [-0.1, -0.05) is 51.9 Å². The van der Waals surface area contributed by atoms with Crippen LogP contribution in [0.5, 0.6) is 0 Å². The van der Waals surface area contributed by atoms with Crippen molar-refractivity contribution in [1.29, 1.82) is 0 Å². The third-order valence-corrected chi connectivity index (χ3v) is 4.16. The predicted molar refractivity (Wildman–Crippen MR) is 108 cm³/mol. The summed E-state index contributed by atoms with van der Waals surface area (Å²) in [5.74, 6) is 0.0907. The zero-order chi connectivity index (χ0) is 19.8. The molecule has 154 valence electrons. The van der Waals surface area contributed by atoms with Gasteiger partial charge < -0.3 is 15.0 Å². The summed E-state index contributed by atoms with van der Waals surface area (Å²) in [4.78, 5) is 23.7. The summed E-state index contributed by atoms with van der Waals surface area (Å²) in [6, 6.07) is 0. The minimum absolute atomic E-state index is 0.0907. The minimum atomic E-state index is -0.361. The lowest BCUT2D eigenvalue weighted by molar-refractivity contribution is -0.118. The average Bonchev–Trinajstić information content (AvgIpc) is 3.07. The van der Waals surface area contributed by atoms with Gasteiger partial charge in [-0.05, 0) is 40.0 Å². The molecule has 1 aliphatic rings. The third-order valence-electron chi connectivity index (χ3n) is 4.16. The highest BCUT2D eigenvalue weighted by Gasteiger charge is 2.23. The number of nitrogens with one attached hydrogen (secondary N) is 1. The van der Waals surface area contributed by atoms with Crippen LogP contribution in [0.2, 0.25) is 0 Å². The van der Waals surface area contributed by atoms with Crippen LogP contribution in [0.4, 0.5) is 4.79 Å². The Morgan fingerprint density at radius 3 is 1.88 bits per heavy atom. The summed E-state index contributed by atoms with van der Waals surface area (Å²) in [7, 11) is 0. The molecule has 0 aromatic carbocycles. The summed E-state index contributed by atoms with van der Waals surface area (Å²) in [5, 5.41) is 2.82. The van der Waals surface area contributed by atoms with Crippen LogP contribution in [-0.4, -0.2) is 42.1 Å². The van der Waals surface area contributed by atoms with Crippen molar-refractivity contribution in [2.45, 2.75) is 104 Å². The molecule has 1 saturated heterocycles. The summed E-state index contributed by atoms with van der Waals surface area (Å²) in [5.41, 5.74) is -0.361. The van der Waals surface area contributed by atoms with Gasteiger partial charge in [0.25, 0.3) is 0 Å². The Morgan fingerprint density at radius 2 is 1.42 bits per heavy atom. The molecule has 5 heteroatoms. The van der Waals surface area contributed by atoms with Crippen LogP contribution in [0.25, 0.3) is 0 Å². The quantitative estimate of drug-likeness (QED) is 0.562. The van der Waals surface area contributed by atoms with Crippen LogP contribution in [0, 0.1) is 0 Å². The van der Waals surface area contributed by atoms with Gasteiger partial charge in [-0.2, -0.15) is 0 Å². The number of amides is 2. The monoisotopic (exact) mass is 370 g/mol. The minimum Gasteiger partial charge on any atom is -0.444 e. The number of likely N-dealkylation sites (tertiary alicyclic amines) is 1. The highest BCUT2D eigenvalue weighted by molar-refractivity contribution is 5.72. The molecule has 5 nitrogen and oxygen atoms in total. The molecule has 0 saturated carbocycles. The van der Waals surface area contributed by atoms with E-state index in [-0.39, 0.29) is 17.6 Å². The van der Waals surface area contributed by atoms with Crippen LogP contribution < -0.4 is 5.32 Å². The van der Waals surface area contributed by atoms with Gasteiger partial charge in [0, 0.05) is 26.6 Å². The second-order valence-corrected chi connectivity index (χ2v) is 8.13. The molecule has 1 aliphatic heterocycles. The molecule has 1 heterocycles. The van der Waals surface area contributed by atoms with E-state index in [9.17, 15) is 9.59 Å². The van der Waals surface area contributed by atoms with E-state index in [0.717, 1.165) is 38.9 Å². The molecule has 0 spiro atoms. The first kappa shape index (κ1) is 24.7. The van der Waals surface area contributed by atoms with E-state index in [4.69, 9.17) is 4.74 Å². The molecule has 1 fully saturated rings. The zero-order valence-corrected chi connectivity index (χ0v) is 17.9. The molecule has 0 bridgehead atoms. The molecule has 0 aliphatic carbocycles. The summed E-state index contributed by atoms with van der Waals surface area (Å²) < 4.78 is 5.21. The summed E-state index contributed by atoms with van der Waals surface area (Å²) in [6.07, 6.45) is 12.6. The first-order chi connectivity index (χ1) is 12.3. The van der Waals surface area contributed by atoms with Crippen molar-refractivity contribution in [2.24, 2.45) is 0 Å². The fraction of sp³-hybridized carbons (Fsp3) is 0.905. The Balaban J connectivity index is 0.000000485. The van der Waals surface area contributed by atoms with E-state index in [1.807, 2.05) is 20.8 Å². The lowest BCUT2D eigenvalue weighted by Gasteiger charge is -2.23. The number of hydrogen-bond donors (Lipinski definition) is 1. The molecule has 1 rings (SSSR count).